The third-order valence-electron chi connectivity index (χ3n) is 2.94. The molecular formula is C13H15NO3S. The Bertz CT molecular complexity index is 517. The molecule has 0 atom stereocenters. The first kappa shape index (κ1) is 12.8. The minimum Gasteiger partial charge on any atom is -0.478 e. The summed E-state index contributed by atoms with van der Waals surface area (Å²) in [5, 5.41) is 12.4. The van der Waals surface area contributed by atoms with Gasteiger partial charge >= 0.3 is 5.97 Å². The fourth-order valence-electron chi connectivity index (χ4n) is 2.19. The Kier molecular flexibility index (Phi) is 3.81. The number of rotatable bonds is 3. The van der Waals surface area contributed by atoms with Crippen LogP contribution >= 0.6 is 11.3 Å². The van der Waals surface area contributed by atoms with Gasteiger partial charge in [0.1, 0.15) is 5.00 Å². The van der Waals surface area contributed by atoms with E-state index in [1.807, 2.05) is 0 Å². The number of anilines is 1. The maximum Gasteiger partial charge on any atom is 0.339 e. The van der Waals surface area contributed by atoms with Crippen molar-refractivity contribution in [1.82, 2.24) is 0 Å². The third kappa shape index (κ3) is 2.46. The molecule has 4 nitrogen and oxygen atoms in total. The number of thiophene rings is 1. The van der Waals surface area contributed by atoms with Crippen molar-refractivity contribution in [2.75, 3.05) is 5.32 Å². The Hall–Kier alpha value is -1.62. The van der Waals surface area contributed by atoms with E-state index < -0.39 is 5.97 Å². The van der Waals surface area contributed by atoms with Crippen LogP contribution in [0.1, 0.15) is 40.6 Å². The van der Waals surface area contributed by atoms with Crippen molar-refractivity contribution < 1.29 is 14.7 Å². The molecule has 2 rings (SSSR count). The molecule has 0 radical (unpaired) electrons. The highest BCUT2D eigenvalue weighted by Gasteiger charge is 2.25. The molecule has 1 aliphatic rings. The molecule has 5 heteroatoms. The maximum absolute atomic E-state index is 11.5. The van der Waals surface area contributed by atoms with Crippen LogP contribution in [0.4, 0.5) is 5.00 Å². The number of carboxylic acid groups (broad SMARTS) is 1. The minimum absolute atomic E-state index is 0.279. The average molecular weight is 265 g/mol. The van der Waals surface area contributed by atoms with Crippen molar-refractivity contribution in [3.05, 3.63) is 28.2 Å². The number of fused-ring (bicyclic) bond motifs is 1. The molecule has 0 saturated carbocycles. The molecule has 1 heterocycles. The van der Waals surface area contributed by atoms with Crippen molar-refractivity contribution in [1.29, 1.82) is 0 Å². The Morgan fingerprint density at radius 1 is 1.33 bits per heavy atom. The molecule has 0 unspecified atom stereocenters. The van der Waals surface area contributed by atoms with Crippen molar-refractivity contribution >= 4 is 28.2 Å². The zero-order valence-electron chi connectivity index (χ0n) is 10.2. The maximum atomic E-state index is 11.5. The van der Waals surface area contributed by atoms with Gasteiger partial charge in [-0.3, -0.25) is 4.79 Å². The van der Waals surface area contributed by atoms with Gasteiger partial charge in [-0.15, -0.1) is 11.3 Å². The van der Waals surface area contributed by atoms with Gasteiger partial charge in [-0.2, -0.15) is 0 Å². The Morgan fingerprint density at radius 3 is 2.72 bits per heavy atom. The van der Waals surface area contributed by atoms with Gasteiger partial charge in [-0.1, -0.05) is 6.08 Å². The predicted octanol–water partition coefficient (Wildman–Crippen LogP) is 2.84. The number of amides is 1. The summed E-state index contributed by atoms with van der Waals surface area (Å²) in [6.07, 6.45) is 6.85. The van der Waals surface area contributed by atoms with Gasteiger partial charge in [0.15, 0.2) is 0 Å². The lowest BCUT2D eigenvalue weighted by Crippen LogP contribution is -2.11. The van der Waals surface area contributed by atoms with Crippen LogP contribution < -0.4 is 5.32 Å². The topological polar surface area (TPSA) is 66.4 Å². The second-order valence-electron chi connectivity index (χ2n) is 4.21. The van der Waals surface area contributed by atoms with Gasteiger partial charge in [-0.05, 0) is 44.2 Å². The SMILES string of the molecule is CC=CC(=O)Nc1sc2c(c1C(=O)O)CCCC2. The van der Waals surface area contributed by atoms with Crippen LogP contribution in [0.5, 0.6) is 0 Å². The van der Waals surface area contributed by atoms with Crippen LogP contribution in [0.15, 0.2) is 12.2 Å². The number of aryl methyl sites for hydroxylation is 1. The Labute approximate surface area is 109 Å². The van der Waals surface area contributed by atoms with Crippen LogP contribution in [0.25, 0.3) is 0 Å². The molecular weight excluding hydrogens is 250 g/mol. The average Bonchev–Trinajstić information content (AvgIpc) is 2.66. The monoisotopic (exact) mass is 265 g/mol. The van der Waals surface area contributed by atoms with Gasteiger partial charge in [0.25, 0.3) is 0 Å². The number of allylic oxidation sites excluding steroid dienone is 1. The van der Waals surface area contributed by atoms with E-state index in [0.29, 0.717) is 5.00 Å². The molecule has 1 amide bonds. The van der Waals surface area contributed by atoms with E-state index in [1.54, 1.807) is 13.0 Å². The highest BCUT2D eigenvalue weighted by molar-refractivity contribution is 7.17. The second kappa shape index (κ2) is 5.35. The van der Waals surface area contributed by atoms with Crippen molar-refractivity contribution in [3.8, 4) is 0 Å². The van der Waals surface area contributed by atoms with Gasteiger partial charge in [0, 0.05) is 4.88 Å². The first-order valence-electron chi connectivity index (χ1n) is 5.95. The van der Waals surface area contributed by atoms with Gasteiger partial charge in [0.2, 0.25) is 5.91 Å². The summed E-state index contributed by atoms with van der Waals surface area (Å²) in [5.41, 5.74) is 1.20. The minimum atomic E-state index is -0.954. The zero-order chi connectivity index (χ0) is 13.1. The molecule has 1 aromatic heterocycles. The van der Waals surface area contributed by atoms with E-state index in [0.717, 1.165) is 36.1 Å². The summed E-state index contributed by atoms with van der Waals surface area (Å²) in [6, 6.07) is 0. The molecule has 1 aliphatic carbocycles. The molecule has 0 spiro atoms. The zero-order valence-corrected chi connectivity index (χ0v) is 11.0. The number of nitrogens with one attached hydrogen (secondary N) is 1. The number of hydrogen-bond acceptors (Lipinski definition) is 3. The normalized spacial score (nSPS) is 14.5. The number of aromatic carboxylic acids is 1. The molecule has 0 fully saturated rings. The van der Waals surface area contributed by atoms with Gasteiger partial charge < -0.3 is 10.4 Å². The van der Waals surface area contributed by atoms with E-state index in [2.05, 4.69) is 5.32 Å². The number of carbonyl (C=O) groups excluding carboxylic acids is 1. The number of hydrogen-bond donors (Lipinski definition) is 2. The molecule has 0 bridgehead atoms. The van der Waals surface area contributed by atoms with Crippen molar-refractivity contribution in [2.24, 2.45) is 0 Å². The third-order valence-corrected chi connectivity index (χ3v) is 4.15. The fourth-order valence-corrected chi connectivity index (χ4v) is 3.47. The molecule has 2 N–H and O–H groups in total. The van der Waals surface area contributed by atoms with E-state index in [4.69, 9.17) is 0 Å². The summed E-state index contributed by atoms with van der Waals surface area (Å²) < 4.78 is 0. The van der Waals surface area contributed by atoms with Gasteiger partial charge in [0.05, 0.1) is 5.56 Å². The number of carboxylic acids is 1. The smallest absolute Gasteiger partial charge is 0.339 e. The molecule has 0 aliphatic heterocycles. The van der Waals surface area contributed by atoms with Crippen LogP contribution in [-0.2, 0) is 17.6 Å². The van der Waals surface area contributed by atoms with Crippen LogP contribution in [0.3, 0.4) is 0 Å². The first-order valence-corrected chi connectivity index (χ1v) is 6.76. The highest BCUT2D eigenvalue weighted by Crippen LogP contribution is 2.38. The first-order chi connectivity index (χ1) is 8.63. The lowest BCUT2D eigenvalue weighted by atomic mass is 9.95. The summed E-state index contributed by atoms with van der Waals surface area (Å²) in [7, 11) is 0. The molecule has 0 aromatic carbocycles. The standard InChI is InChI=1S/C13H15NO3S/c1-2-5-10(15)14-12-11(13(16)17)8-6-3-4-7-9(8)18-12/h2,5H,3-4,6-7H2,1H3,(H,14,15)(H,16,17). The Balaban J connectivity index is 2.37. The van der Waals surface area contributed by atoms with E-state index >= 15 is 0 Å². The van der Waals surface area contributed by atoms with Crippen molar-refractivity contribution in [3.63, 3.8) is 0 Å². The predicted molar refractivity (Wildman–Crippen MR) is 71.4 cm³/mol. The Morgan fingerprint density at radius 2 is 2.06 bits per heavy atom. The largest absolute Gasteiger partial charge is 0.478 e. The van der Waals surface area contributed by atoms with Crippen LogP contribution in [0, 0.1) is 0 Å². The summed E-state index contributed by atoms with van der Waals surface area (Å²) in [5.74, 6) is -1.23. The lowest BCUT2D eigenvalue weighted by Gasteiger charge is -2.10. The molecule has 18 heavy (non-hydrogen) atoms. The molecule has 0 saturated heterocycles. The highest BCUT2D eigenvalue weighted by atomic mass is 32.1. The van der Waals surface area contributed by atoms with Crippen LogP contribution in [0.2, 0.25) is 0 Å². The van der Waals surface area contributed by atoms with E-state index in [9.17, 15) is 14.7 Å². The number of carbonyl (C=O) groups is 2. The van der Waals surface area contributed by atoms with Crippen molar-refractivity contribution in [2.45, 2.75) is 32.6 Å². The quantitative estimate of drug-likeness (QED) is 0.826. The van der Waals surface area contributed by atoms with Gasteiger partial charge in [-0.25, -0.2) is 4.79 Å². The molecule has 1 aromatic rings. The summed E-state index contributed by atoms with van der Waals surface area (Å²) in [6.45, 7) is 1.75. The summed E-state index contributed by atoms with van der Waals surface area (Å²) in [4.78, 5) is 24.0. The van der Waals surface area contributed by atoms with Crippen LogP contribution in [-0.4, -0.2) is 17.0 Å². The van der Waals surface area contributed by atoms with E-state index in [1.165, 1.54) is 17.4 Å². The van der Waals surface area contributed by atoms with E-state index in [-0.39, 0.29) is 11.5 Å². The fraction of sp³-hybridized carbons (Fsp3) is 0.385. The lowest BCUT2D eigenvalue weighted by molar-refractivity contribution is -0.111. The summed E-state index contributed by atoms with van der Waals surface area (Å²) >= 11 is 1.40. The second-order valence-corrected chi connectivity index (χ2v) is 5.31. The molecule has 96 valence electrons.